The number of benzene rings is 1. The smallest absolute Gasteiger partial charge is 0.326 e. The van der Waals surface area contributed by atoms with Crippen LogP contribution >= 0.6 is 11.8 Å². The highest BCUT2D eigenvalue weighted by Crippen LogP contribution is 2.20. The molecule has 1 aromatic carbocycles. The summed E-state index contributed by atoms with van der Waals surface area (Å²) in [7, 11) is 0. The molecule has 1 saturated heterocycles. The first kappa shape index (κ1) is 30.4. The minimum absolute atomic E-state index is 0.0533. The molecule has 4 unspecified atom stereocenters. The Morgan fingerprint density at radius 1 is 1.11 bits per heavy atom. The lowest BCUT2D eigenvalue weighted by atomic mass is 10.0. The van der Waals surface area contributed by atoms with E-state index in [1.807, 2.05) is 6.26 Å². The topological polar surface area (TPSA) is 188 Å². The molecule has 1 heterocycles. The van der Waals surface area contributed by atoms with Crippen LogP contribution in [0.2, 0.25) is 0 Å². The maximum atomic E-state index is 13.3. The minimum Gasteiger partial charge on any atom is -0.508 e. The van der Waals surface area contributed by atoms with Gasteiger partial charge < -0.3 is 37.2 Å². The average Bonchev–Trinajstić information content (AvgIpc) is 3.37. The maximum Gasteiger partial charge on any atom is 0.326 e. The van der Waals surface area contributed by atoms with Crippen molar-refractivity contribution in [3.05, 3.63) is 29.8 Å². The zero-order valence-corrected chi connectivity index (χ0v) is 22.0. The molecular weight excluding hydrogens is 498 g/mol. The van der Waals surface area contributed by atoms with Gasteiger partial charge in [0, 0.05) is 13.0 Å². The molecule has 0 radical (unpaired) electrons. The second-order valence-corrected chi connectivity index (χ2v) is 10.2. The summed E-state index contributed by atoms with van der Waals surface area (Å²) in [6, 6.07) is 2.48. The van der Waals surface area contributed by atoms with Gasteiger partial charge in [-0.1, -0.05) is 12.1 Å². The Labute approximate surface area is 221 Å². The number of amides is 3. The average molecular weight is 538 g/mol. The number of carbonyl (C=O) groups is 4. The number of rotatable bonds is 15. The van der Waals surface area contributed by atoms with E-state index in [9.17, 15) is 29.4 Å². The lowest BCUT2D eigenvalue weighted by Crippen LogP contribution is -2.57. The van der Waals surface area contributed by atoms with Crippen LogP contribution in [0, 0.1) is 0 Å². The lowest BCUT2D eigenvalue weighted by Gasteiger charge is -2.28. The number of nitrogens with two attached hydrogens (primary N) is 2. The molecule has 0 saturated carbocycles. The number of likely N-dealkylation sites (tertiary alicyclic amines) is 1. The largest absolute Gasteiger partial charge is 0.508 e. The molecule has 8 N–H and O–H groups in total. The van der Waals surface area contributed by atoms with Gasteiger partial charge in [0.15, 0.2) is 0 Å². The molecule has 0 spiro atoms. The van der Waals surface area contributed by atoms with Crippen LogP contribution < -0.4 is 22.1 Å². The number of hydrogen-bond donors (Lipinski definition) is 6. The number of aromatic hydroxyl groups is 1. The van der Waals surface area contributed by atoms with Crippen molar-refractivity contribution in [1.29, 1.82) is 0 Å². The van der Waals surface area contributed by atoms with Crippen LogP contribution in [0.15, 0.2) is 24.3 Å². The van der Waals surface area contributed by atoms with Gasteiger partial charge in [-0.25, -0.2) is 4.79 Å². The lowest BCUT2D eigenvalue weighted by molar-refractivity contribution is -0.143. The minimum atomic E-state index is -1.17. The zero-order chi connectivity index (χ0) is 27.4. The Kier molecular flexibility index (Phi) is 12.7. The van der Waals surface area contributed by atoms with Gasteiger partial charge in [-0.15, -0.1) is 0 Å². The summed E-state index contributed by atoms with van der Waals surface area (Å²) >= 11 is 1.58. The summed E-state index contributed by atoms with van der Waals surface area (Å²) < 4.78 is 0. The quantitative estimate of drug-likeness (QED) is 0.170. The molecule has 3 amide bonds. The van der Waals surface area contributed by atoms with Crippen molar-refractivity contribution in [3.63, 3.8) is 0 Å². The predicted octanol–water partition coefficient (Wildman–Crippen LogP) is 0.189. The van der Waals surface area contributed by atoms with E-state index < -0.39 is 42.0 Å². The number of nitrogens with one attached hydrogen (secondary N) is 2. The van der Waals surface area contributed by atoms with Gasteiger partial charge >= 0.3 is 5.97 Å². The van der Waals surface area contributed by atoms with Crippen LogP contribution in [-0.2, 0) is 25.6 Å². The molecule has 0 aromatic heterocycles. The molecule has 1 aliphatic heterocycles. The first-order chi connectivity index (χ1) is 17.7. The van der Waals surface area contributed by atoms with Crippen LogP contribution in [0.1, 0.15) is 44.1 Å². The van der Waals surface area contributed by atoms with E-state index in [0.29, 0.717) is 50.8 Å². The molecular formula is C25H39N5O6S. The van der Waals surface area contributed by atoms with Gasteiger partial charge in [0.2, 0.25) is 17.7 Å². The number of carbonyl (C=O) groups excluding carboxylic acids is 3. The van der Waals surface area contributed by atoms with Gasteiger partial charge in [0.25, 0.3) is 0 Å². The zero-order valence-electron chi connectivity index (χ0n) is 21.2. The highest BCUT2D eigenvalue weighted by molar-refractivity contribution is 7.98. The van der Waals surface area contributed by atoms with Crippen LogP contribution in [0.25, 0.3) is 0 Å². The summed E-state index contributed by atoms with van der Waals surface area (Å²) in [5, 5.41) is 24.4. The summed E-state index contributed by atoms with van der Waals surface area (Å²) in [6.45, 7) is 0.818. The molecule has 1 aromatic rings. The number of carboxylic acid groups (broad SMARTS) is 1. The van der Waals surface area contributed by atoms with Gasteiger partial charge in [0.1, 0.15) is 23.9 Å². The molecule has 11 nitrogen and oxygen atoms in total. The standard InChI is InChI=1S/C25H39N5O6S/c1-37-14-11-18(27)24(34)30-13-4-6-21(30)23(33)29-20(15-16-7-9-17(31)10-8-16)22(32)28-19(25(35)36)5-2-3-12-26/h7-10,18-21,31H,2-6,11-15,26-27H2,1H3,(H,28,32)(H,29,33)(H,35,36). The van der Waals surface area contributed by atoms with E-state index >= 15 is 0 Å². The number of hydrogen-bond acceptors (Lipinski definition) is 8. The fraction of sp³-hybridized carbons (Fsp3) is 0.600. The second-order valence-electron chi connectivity index (χ2n) is 9.19. The van der Waals surface area contributed by atoms with Crippen LogP contribution in [-0.4, -0.2) is 88.1 Å². The Balaban J connectivity index is 2.17. The second kappa shape index (κ2) is 15.4. The van der Waals surface area contributed by atoms with Crippen molar-refractivity contribution in [2.24, 2.45) is 11.5 Å². The third-order valence-corrected chi connectivity index (χ3v) is 7.00. The SMILES string of the molecule is CSCCC(N)C(=O)N1CCCC1C(=O)NC(Cc1ccc(O)cc1)C(=O)NC(CCCCN)C(=O)O. The highest BCUT2D eigenvalue weighted by atomic mass is 32.2. The third kappa shape index (κ3) is 9.52. The molecule has 37 heavy (non-hydrogen) atoms. The number of phenolic OH excluding ortho intramolecular Hbond substituents is 1. The Hall–Kier alpha value is -2.83. The van der Waals surface area contributed by atoms with E-state index in [1.54, 1.807) is 23.9 Å². The van der Waals surface area contributed by atoms with E-state index in [1.165, 1.54) is 17.0 Å². The molecule has 4 atom stereocenters. The number of nitrogens with zero attached hydrogens (tertiary/aromatic N) is 1. The molecule has 1 fully saturated rings. The molecule has 0 aliphatic carbocycles. The van der Waals surface area contributed by atoms with E-state index in [2.05, 4.69) is 10.6 Å². The van der Waals surface area contributed by atoms with E-state index in [4.69, 9.17) is 11.5 Å². The first-order valence-electron chi connectivity index (χ1n) is 12.5. The molecule has 1 aliphatic rings. The Morgan fingerprint density at radius 2 is 1.81 bits per heavy atom. The van der Waals surface area contributed by atoms with Gasteiger partial charge in [-0.05, 0) is 74.8 Å². The van der Waals surface area contributed by atoms with Crippen LogP contribution in [0.3, 0.4) is 0 Å². The highest BCUT2D eigenvalue weighted by Gasteiger charge is 2.37. The van der Waals surface area contributed by atoms with Crippen molar-refractivity contribution in [2.75, 3.05) is 25.1 Å². The number of carboxylic acids is 1. The fourth-order valence-electron chi connectivity index (χ4n) is 4.25. The Morgan fingerprint density at radius 3 is 2.43 bits per heavy atom. The monoisotopic (exact) mass is 537 g/mol. The summed E-state index contributed by atoms with van der Waals surface area (Å²) in [4.78, 5) is 52.6. The van der Waals surface area contributed by atoms with Crippen molar-refractivity contribution in [2.45, 2.75) is 69.1 Å². The Bertz CT molecular complexity index is 915. The molecule has 206 valence electrons. The van der Waals surface area contributed by atoms with Crippen molar-refractivity contribution < 1.29 is 29.4 Å². The third-order valence-electron chi connectivity index (χ3n) is 6.36. The molecule has 0 bridgehead atoms. The summed E-state index contributed by atoms with van der Waals surface area (Å²) in [5.74, 6) is -1.82. The summed E-state index contributed by atoms with van der Waals surface area (Å²) in [6.07, 6.45) is 4.93. The number of unbranched alkanes of at least 4 members (excludes halogenated alkanes) is 1. The first-order valence-corrected chi connectivity index (χ1v) is 13.9. The van der Waals surface area contributed by atoms with Crippen molar-refractivity contribution >= 4 is 35.5 Å². The fourth-order valence-corrected chi connectivity index (χ4v) is 4.74. The van der Waals surface area contributed by atoms with Gasteiger partial charge in [-0.3, -0.25) is 14.4 Å². The van der Waals surface area contributed by atoms with Gasteiger partial charge in [0.05, 0.1) is 6.04 Å². The van der Waals surface area contributed by atoms with Crippen LogP contribution in [0.4, 0.5) is 0 Å². The predicted molar refractivity (Wildman–Crippen MR) is 142 cm³/mol. The number of aliphatic carboxylic acids is 1. The normalized spacial score (nSPS) is 17.6. The van der Waals surface area contributed by atoms with Gasteiger partial charge in [-0.2, -0.15) is 11.8 Å². The van der Waals surface area contributed by atoms with E-state index in [-0.39, 0.29) is 24.5 Å². The maximum absolute atomic E-state index is 13.3. The number of thioether (sulfide) groups is 1. The van der Waals surface area contributed by atoms with Crippen molar-refractivity contribution in [1.82, 2.24) is 15.5 Å². The molecule has 2 rings (SSSR count). The van der Waals surface area contributed by atoms with Crippen molar-refractivity contribution in [3.8, 4) is 5.75 Å². The van der Waals surface area contributed by atoms with Crippen LogP contribution in [0.5, 0.6) is 5.75 Å². The molecule has 12 heteroatoms. The van der Waals surface area contributed by atoms with E-state index in [0.717, 1.165) is 5.75 Å². The number of phenols is 1. The summed E-state index contributed by atoms with van der Waals surface area (Å²) in [5.41, 5.74) is 12.2.